The summed E-state index contributed by atoms with van der Waals surface area (Å²) in [4.78, 5) is 25.1. The second-order valence-electron chi connectivity index (χ2n) is 5.35. The molecular formula is C15H19FN2O3. The number of carbonyl (C=O) groups is 2. The molecule has 1 fully saturated rings. The molecule has 1 aliphatic heterocycles. The number of carbonyl (C=O) groups excluding carboxylic acids is 2. The molecule has 1 aromatic carbocycles. The van der Waals surface area contributed by atoms with Crippen molar-refractivity contribution >= 4 is 11.8 Å². The summed E-state index contributed by atoms with van der Waals surface area (Å²) in [5.74, 6) is -1.03. The molecule has 1 atom stereocenters. The van der Waals surface area contributed by atoms with Gasteiger partial charge in [-0.25, -0.2) is 4.39 Å². The largest absolute Gasteiger partial charge is 0.367 e. The quantitative estimate of drug-likeness (QED) is 0.895. The van der Waals surface area contributed by atoms with Gasteiger partial charge in [0.1, 0.15) is 5.82 Å². The van der Waals surface area contributed by atoms with Crippen molar-refractivity contribution in [1.29, 1.82) is 0 Å². The lowest BCUT2D eigenvalue weighted by molar-refractivity contribution is -0.160. The van der Waals surface area contributed by atoms with Gasteiger partial charge in [0.05, 0.1) is 13.2 Å². The van der Waals surface area contributed by atoms with Crippen LogP contribution < -0.4 is 5.73 Å². The standard InChI is InChI=1S/C15H19FN2O3/c1-15(14(17)20)10-18(8-9-21-15)13(19)7-6-11-4-2-3-5-12(11)16/h2-5H,6-10H2,1H3,(H2,17,20). The van der Waals surface area contributed by atoms with E-state index < -0.39 is 11.5 Å². The summed E-state index contributed by atoms with van der Waals surface area (Å²) in [7, 11) is 0. The van der Waals surface area contributed by atoms with Crippen molar-refractivity contribution in [3.8, 4) is 0 Å². The molecule has 2 N–H and O–H groups in total. The molecule has 1 saturated heterocycles. The van der Waals surface area contributed by atoms with E-state index >= 15 is 0 Å². The Morgan fingerprint density at radius 3 is 2.81 bits per heavy atom. The van der Waals surface area contributed by atoms with Crippen LogP contribution in [0, 0.1) is 5.82 Å². The number of rotatable bonds is 4. The number of ether oxygens (including phenoxy) is 1. The monoisotopic (exact) mass is 294 g/mol. The average molecular weight is 294 g/mol. The molecule has 1 aromatic rings. The third-order valence-corrected chi connectivity index (χ3v) is 3.71. The Kier molecular flexibility index (Phi) is 4.57. The minimum absolute atomic E-state index is 0.131. The Hall–Kier alpha value is -1.95. The molecule has 1 unspecified atom stereocenters. The van der Waals surface area contributed by atoms with E-state index in [2.05, 4.69) is 0 Å². The van der Waals surface area contributed by atoms with Crippen LogP contribution in [0.15, 0.2) is 24.3 Å². The van der Waals surface area contributed by atoms with E-state index in [0.29, 0.717) is 18.5 Å². The van der Waals surface area contributed by atoms with Gasteiger partial charge in [-0.1, -0.05) is 18.2 Å². The van der Waals surface area contributed by atoms with Crippen molar-refractivity contribution in [3.63, 3.8) is 0 Å². The molecule has 0 saturated carbocycles. The van der Waals surface area contributed by atoms with E-state index in [1.807, 2.05) is 0 Å². The van der Waals surface area contributed by atoms with Crippen LogP contribution in [0.1, 0.15) is 18.9 Å². The number of hydrogen-bond donors (Lipinski definition) is 1. The van der Waals surface area contributed by atoms with Gasteiger partial charge in [0, 0.05) is 13.0 Å². The predicted molar refractivity (Wildman–Crippen MR) is 74.9 cm³/mol. The molecule has 1 heterocycles. The summed E-state index contributed by atoms with van der Waals surface area (Å²) in [5.41, 5.74) is 4.66. The molecule has 2 amide bonds. The summed E-state index contributed by atoms with van der Waals surface area (Å²) in [6.07, 6.45) is 0.520. The second-order valence-corrected chi connectivity index (χ2v) is 5.35. The fourth-order valence-corrected chi connectivity index (χ4v) is 2.33. The normalized spacial score (nSPS) is 22.1. The maximum absolute atomic E-state index is 13.5. The minimum atomic E-state index is -1.15. The first-order chi connectivity index (χ1) is 9.92. The van der Waals surface area contributed by atoms with Gasteiger partial charge in [-0.3, -0.25) is 9.59 Å². The fourth-order valence-electron chi connectivity index (χ4n) is 2.33. The highest BCUT2D eigenvalue weighted by atomic mass is 19.1. The van der Waals surface area contributed by atoms with Crippen LogP contribution in [0.25, 0.3) is 0 Å². The summed E-state index contributed by atoms with van der Waals surface area (Å²) < 4.78 is 18.9. The van der Waals surface area contributed by atoms with Gasteiger partial charge in [0.15, 0.2) is 5.60 Å². The van der Waals surface area contributed by atoms with Crippen molar-refractivity contribution in [1.82, 2.24) is 4.90 Å². The number of morpholine rings is 1. The molecule has 0 aliphatic carbocycles. The Balaban J connectivity index is 1.94. The van der Waals surface area contributed by atoms with Crippen LogP contribution in [0.5, 0.6) is 0 Å². The summed E-state index contributed by atoms with van der Waals surface area (Å²) in [6, 6.07) is 6.39. The van der Waals surface area contributed by atoms with Gasteiger partial charge >= 0.3 is 0 Å². The molecule has 6 heteroatoms. The third-order valence-electron chi connectivity index (χ3n) is 3.71. The Morgan fingerprint density at radius 2 is 2.14 bits per heavy atom. The Labute approximate surface area is 122 Å². The van der Waals surface area contributed by atoms with Crippen LogP contribution in [-0.2, 0) is 20.7 Å². The van der Waals surface area contributed by atoms with Crippen LogP contribution in [0.4, 0.5) is 4.39 Å². The van der Waals surface area contributed by atoms with Gasteiger partial charge in [-0.05, 0) is 25.0 Å². The van der Waals surface area contributed by atoms with Crippen molar-refractivity contribution in [3.05, 3.63) is 35.6 Å². The first kappa shape index (κ1) is 15.4. The first-order valence-corrected chi connectivity index (χ1v) is 6.87. The molecule has 114 valence electrons. The number of aryl methyl sites for hydroxylation is 1. The topological polar surface area (TPSA) is 72.6 Å². The van der Waals surface area contributed by atoms with Crippen LogP contribution >= 0.6 is 0 Å². The van der Waals surface area contributed by atoms with E-state index in [1.165, 1.54) is 6.07 Å². The molecule has 21 heavy (non-hydrogen) atoms. The zero-order valence-electron chi connectivity index (χ0n) is 12.0. The molecule has 5 nitrogen and oxygen atoms in total. The Bertz CT molecular complexity index is 549. The maximum Gasteiger partial charge on any atom is 0.251 e. The molecule has 0 aromatic heterocycles. The number of amides is 2. The Morgan fingerprint density at radius 1 is 1.43 bits per heavy atom. The maximum atomic E-state index is 13.5. The molecule has 2 rings (SSSR count). The predicted octanol–water partition coefficient (Wildman–Crippen LogP) is 0.861. The van der Waals surface area contributed by atoms with Crippen molar-refractivity contribution in [2.75, 3.05) is 19.7 Å². The fraction of sp³-hybridized carbons (Fsp3) is 0.467. The van der Waals surface area contributed by atoms with Crippen molar-refractivity contribution in [2.24, 2.45) is 5.73 Å². The average Bonchev–Trinajstić information content (AvgIpc) is 2.46. The zero-order chi connectivity index (χ0) is 15.5. The highest BCUT2D eigenvalue weighted by Crippen LogP contribution is 2.18. The molecule has 0 spiro atoms. The smallest absolute Gasteiger partial charge is 0.251 e. The van der Waals surface area contributed by atoms with Gasteiger partial charge in [0.2, 0.25) is 5.91 Å². The van der Waals surface area contributed by atoms with Crippen LogP contribution in [-0.4, -0.2) is 42.0 Å². The lowest BCUT2D eigenvalue weighted by atomic mass is 10.0. The summed E-state index contributed by atoms with van der Waals surface area (Å²) >= 11 is 0. The van der Waals surface area contributed by atoms with E-state index in [1.54, 1.807) is 30.0 Å². The van der Waals surface area contributed by atoms with E-state index in [0.717, 1.165) is 0 Å². The highest BCUT2D eigenvalue weighted by Gasteiger charge is 2.38. The second kappa shape index (κ2) is 6.22. The number of nitrogens with two attached hydrogens (primary N) is 1. The minimum Gasteiger partial charge on any atom is -0.367 e. The molecule has 1 aliphatic rings. The SMILES string of the molecule is CC1(C(N)=O)CN(C(=O)CCc2ccccc2F)CCO1. The van der Waals surface area contributed by atoms with Gasteiger partial charge in [-0.15, -0.1) is 0 Å². The number of primary amides is 1. The van der Waals surface area contributed by atoms with E-state index in [9.17, 15) is 14.0 Å². The molecule has 0 radical (unpaired) electrons. The van der Waals surface area contributed by atoms with Gasteiger partial charge < -0.3 is 15.4 Å². The zero-order valence-corrected chi connectivity index (χ0v) is 12.0. The number of halogens is 1. The molecular weight excluding hydrogens is 275 g/mol. The van der Waals surface area contributed by atoms with Gasteiger partial charge in [-0.2, -0.15) is 0 Å². The number of benzene rings is 1. The third kappa shape index (κ3) is 3.58. The van der Waals surface area contributed by atoms with E-state index in [-0.39, 0.29) is 31.3 Å². The lowest BCUT2D eigenvalue weighted by Gasteiger charge is -2.38. The lowest BCUT2D eigenvalue weighted by Crippen LogP contribution is -2.58. The van der Waals surface area contributed by atoms with Crippen molar-refractivity contribution in [2.45, 2.75) is 25.4 Å². The highest BCUT2D eigenvalue weighted by molar-refractivity contribution is 5.85. The summed E-state index contributed by atoms with van der Waals surface area (Å²) in [6.45, 7) is 2.40. The van der Waals surface area contributed by atoms with Crippen LogP contribution in [0.3, 0.4) is 0 Å². The number of nitrogens with zero attached hydrogens (tertiary/aromatic N) is 1. The summed E-state index contributed by atoms with van der Waals surface area (Å²) in [5, 5.41) is 0. The molecule has 0 bridgehead atoms. The van der Waals surface area contributed by atoms with E-state index in [4.69, 9.17) is 10.5 Å². The van der Waals surface area contributed by atoms with Crippen molar-refractivity contribution < 1.29 is 18.7 Å². The van der Waals surface area contributed by atoms with Crippen LogP contribution in [0.2, 0.25) is 0 Å². The van der Waals surface area contributed by atoms with Gasteiger partial charge in [0.25, 0.3) is 5.91 Å². The first-order valence-electron chi connectivity index (χ1n) is 6.87. The number of hydrogen-bond acceptors (Lipinski definition) is 3.